The van der Waals surface area contributed by atoms with Gasteiger partial charge in [0.25, 0.3) is 5.91 Å². The Morgan fingerprint density at radius 2 is 1.79 bits per heavy atom. The Morgan fingerprint density at radius 1 is 1.08 bits per heavy atom. The lowest BCUT2D eigenvalue weighted by atomic mass is 10.0. The Kier molecular flexibility index (Phi) is 5.83. The van der Waals surface area contributed by atoms with Gasteiger partial charge < -0.3 is 15.2 Å². The number of carbonyl (C=O) groups is 2. The van der Waals surface area contributed by atoms with Gasteiger partial charge in [-0.05, 0) is 29.8 Å². The van der Waals surface area contributed by atoms with Crippen molar-refractivity contribution in [2.24, 2.45) is 0 Å². The number of nitrogens with one attached hydrogen (secondary N) is 1. The smallest absolute Gasteiger partial charge is 0.305 e. The summed E-state index contributed by atoms with van der Waals surface area (Å²) in [5.41, 5.74) is 0.456. The van der Waals surface area contributed by atoms with Crippen LogP contribution in [0.5, 0.6) is 5.75 Å². The van der Waals surface area contributed by atoms with Gasteiger partial charge in [0.15, 0.2) is 6.61 Å². The maximum Gasteiger partial charge on any atom is 0.305 e. The van der Waals surface area contributed by atoms with Crippen LogP contribution in [0.25, 0.3) is 0 Å². The molecule has 1 amide bonds. The fourth-order valence-electron chi connectivity index (χ4n) is 2.06. The Morgan fingerprint density at radius 3 is 2.42 bits per heavy atom. The third-order valence-corrected chi connectivity index (χ3v) is 3.15. The third kappa shape index (κ3) is 5.35. The zero-order chi connectivity index (χ0) is 17.5. The minimum Gasteiger partial charge on any atom is -0.484 e. The largest absolute Gasteiger partial charge is 0.484 e. The monoisotopic (exact) mass is 335 g/mol. The molecule has 2 N–H and O–H groups in total. The highest BCUT2D eigenvalue weighted by molar-refractivity contribution is 5.79. The molecule has 126 valence electrons. The molecule has 7 heteroatoms. The summed E-state index contributed by atoms with van der Waals surface area (Å²) in [5.74, 6) is -2.47. The number of aliphatic carboxylic acids is 1. The fourth-order valence-corrected chi connectivity index (χ4v) is 2.06. The summed E-state index contributed by atoms with van der Waals surface area (Å²) in [5, 5.41) is 11.5. The summed E-state index contributed by atoms with van der Waals surface area (Å²) in [6.07, 6.45) is -0.364. The van der Waals surface area contributed by atoms with Crippen LogP contribution in [0, 0.1) is 11.6 Å². The number of carboxylic acid groups (broad SMARTS) is 1. The molecule has 0 fully saturated rings. The summed E-state index contributed by atoms with van der Waals surface area (Å²) < 4.78 is 31.1. The van der Waals surface area contributed by atoms with E-state index in [9.17, 15) is 18.4 Å². The number of rotatable bonds is 7. The van der Waals surface area contributed by atoms with E-state index in [1.165, 1.54) is 42.5 Å². The highest BCUT2D eigenvalue weighted by Crippen LogP contribution is 2.18. The number of benzene rings is 2. The Hall–Kier alpha value is -2.96. The SMILES string of the molecule is O=C(O)CC(NC(=O)COc1cccc(F)c1)c1ccc(F)cc1. The van der Waals surface area contributed by atoms with E-state index in [2.05, 4.69) is 5.32 Å². The van der Waals surface area contributed by atoms with Crippen LogP contribution in [-0.2, 0) is 9.59 Å². The van der Waals surface area contributed by atoms with E-state index < -0.39 is 36.2 Å². The predicted octanol–water partition coefficient (Wildman–Crippen LogP) is 2.68. The topological polar surface area (TPSA) is 75.6 Å². The number of amides is 1. The van der Waals surface area contributed by atoms with E-state index in [1.54, 1.807) is 0 Å². The lowest BCUT2D eigenvalue weighted by molar-refractivity contribution is -0.137. The predicted molar refractivity (Wildman–Crippen MR) is 81.4 cm³/mol. The molecule has 0 aliphatic rings. The van der Waals surface area contributed by atoms with Gasteiger partial charge in [-0.15, -0.1) is 0 Å². The minimum absolute atomic E-state index is 0.182. The summed E-state index contributed by atoms with van der Waals surface area (Å²) >= 11 is 0. The molecule has 2 aromatic carbocycles. The average Bonchev–Trinajstić information content (AvgIpc) is 2.53. The highest BCUT2D eigenvalue weighted by atomic mass is 19.1. The van der Waals surface area contributed by atoms with Crippen molar-refractivity contribution in [1.29, 1.82) is 0 Å². The number of hydrogen-bond donors (Lipinski definition) is 2. The van der Waals surface area contributed by atoms with E-state index in [0.717, 1.165) is 6.07 Å². The first kappa shape index (κ1) is 17.4. The van der Waals surface area contributed by atoms with Gasteiger partial charge in [-0.2, -0.15) is 0 Å². The zero-order valence-corrected chi connectivity index (χ0v) is 12.5. The highest BCUT2D eigenvalue weighted by Gasteiger charge is 2.18. The van der Waals surface area contributed by atoms with Crippen molar-refractivity contribution in [2.45, 2.75) is 12.5 Å². The molecule has 0 heterocycles. The van der Waals surface area contributed by atoms with Crippen LogP contribution >= 0.6 is 0 Å². The molecule has 0 aliphatic heterocycles. The number of halogens is 2. The van der Waals surface area contributed by atoms with Crippen molar-refractivity contribution in [2.75, 3.05) is 6.61 Å². The minimum atomic E-state index is -1.12. The van der Waals surface area contributed by atoms with Crippen LogP contribution in [0.3, 0.4) is 0 Å². The van der Waals surface area contributed by atoms with Gasteiger partial charge in [-0.1, -0.05) is 18.2 Å². The summed E-state index contributed by atoms with van der Waals surface area (Å²) in [7, 11) is 0. The maximum absolute atomic E-state index is 13.0. The summed E-state index contributed by atoms with van der Waals surface area (Å²) in [4.78, 5) is 22.9. The van der Waals surface area contributed by atoms with Crippen molar-refractivity contribution < 1.29 is 28.2 Å². The molecule has 0 spiro atoms. The third-order valence-electron chi connectivity index (χ3n) is 3.15. The second-order valence-corrected chi connectivity index (χ2v) is 5.02. The average molecular weight is 335 g/mol. The van der Waals surface area contributed by atoms with E-state index in [1.807, 2.05) is 0 Å². The van der Waals surface area contributed by atoms with Crippen LogP contribution < -0.4 is 10.1 Å². The molecule has 0 bridgehead atoms. The molecular formula is C17H15F2NO4. The second kappa shape index (κ2) is 8.05. The van der Waals surface area contributed by atoms with Gasteiger partial charge in [-0.25, -0.2) is 8.78 Å². The van der Waals surface area contributed by atoms with E-state index in [0.29, 0.717) is 5.56 Å². The van der Waals surface area contributed by atoms with Crippen LogP contribution in [0.1, 0.15) is 18.0 Å². The lowest BCUT2D eigenvalue weighted by Crippen LogP contribution is -2.33. The first-order valence-electron chi connectivity index (χ1n) is 7.09. The van der Waals surface area contributed by atoms with Crippen molar-refractivity contribution >= 4 is 11.9 Å². The molecular weight excluding hydrogens is 320 g/mol. The number of ether oxygens (including phenoxy) is 1. The molecule has 2 aromatic rings. The van der Waals surface area contributed by atoms with E-state index >= 15 is 0 Å². The molecule has 2 rings (SSSR count). The van der Waals surface area contributed by atoms with E-state index in [4.69, 9.17) is 9.84 Å². The molecule has 1 unspecified atom stereocenters. The maximum atomic E-state index is 13.0. The normalized spacial score (nSPS) is 11.6. The second-order valence-electron chi connectivity index (χ2n) is 5.02. The van der Waals surface area contributed by atoms with Gasteiger partial charge in [-0.3, -0.25) is 9.59 Å². The zero-order valence-electron chi connectivity index (χ0n) is 12.5. The summed E-state index contributed by atoms with van der Waals surface area (Å²) in [6, 6.07) is 9.63. The van der Waals surface area contributed by atoms with Crippen LogP contribution in [-0.4, -0.2) is 23.6 Å². The molecule has 0 saturated heterocycles. The van der Waals surface area contributed by atoms with Crippen LogP contribution in [0.2, 0.25) is 0 Å². The lowest BCUT2D eigenvalue weighted by Gasteiger charge is -2.17. The van der Waals surface area contributed by atoms with Gasteiger partial charge >= 0.3 is 5.97 Å². The van der Waals surface area contributed by atoms with Gasteiger partial charge in [0, 0.05) is 6.07 Å². The Bertz CT molecular complexity index is 719. The first-order chi connectivity index (χ1) is 11.4. The quantitative estimate of drug-likeness (QED) is 0.816. The molecule has 24 heavy (non-hydrogen) atoms. The van der Waals surface area contributed by atoms with Crippen molar-refractivity contribution in [1.82, 2.24) is 5.32 Å². The fraction of sp³-hybridized carbons (Fsp3) is 0.176. The standard InChI is InChI=1S/C17H15F2NO4/c18-12-6-4-11(5-7-12)15(9-17(22)23)20-16(21)10-24-14-3-1-2-13(19)8-14/h1-8,15H,9-10H2,(H,20,21)(H,22,23). The Balaban J connectivity index is 1.99. The van der Waals surface area contributed by atoms with Crippen molar-refractivity contribution in [3.05, 3.63) is 65.7 Å². The van der Waals surface area contributed by atoms with Crippen LogP contribution in [0.4, 0.5) is 8.78 Å². The van der Waals surface area contributed by atoms with Gasteiger partial charge in [0.1, 0.15) is 17.4 Å². The van der Waals surface area contributed by atoms with E-state index in [-0.39, 0.29) is 12.2 Å². The molecule has 0 aliphatic carbocycles. The summed E-state index contributed by atoms with van der Waals surface area (Å²) in [6.45, 7) is -0.402. The number of carbonyl (C=O) groups excluding carboxylic acids is 1. The van der Waals surface area contributed by atoms with Gasteiger partial charge in [0.2, 0.25) is 0 Å². The molecule has 1 atom stereocenters. The van der Waals surface area contributed by atoms with Crippen molar-refractivity contribution in [3.8, 4) is 5.75 Å². The molecule has 5 nitrogen and oxygen atoms in total. The molecule has 0 saturated carbocycles. The Labute approximate surface area is 136 Å². The molecule has 0 radical (unpaired) electrons. The number of hydrogen-bond acceptors (Lipinski definition) is 3. The first-order valence-corrected chi connectivity index (χ1v) is 7.09. The van der Waals surface area contributed by atoms with Gasteiger partial charge in [0.05, 0.1) is 12.5 Å². The van der Waals surface area contributed by atoms with Crippen LogP contribution in [0.15, 0.2) is 48.5 Å². The van der Waals surface area contributed by atoms with Crippen molar-refractivity contribution in [3.63, 3.8) is 0 Å². The number of carboxylic acids is 1. The molecule has 0 aromatic heterocycles.